The van der Waals surface area contributed by atoms with E-state index in [9.17, 15) is 4.79 Å². The van der Waals surface area contributed by atoms with E-state index < -0.39 is 0 Å². The number of amides is 2. The van der Waals surface area contributed by atoms with Gasteiger partial charge in [-0.2, -0.15) is 0 Å². The molecule has 2 amide bonds. The second kappa shape index (κ2) is 6.86. The van der Waals surface area contributed by atoms with Crippen LogP contribution in [0.2, 0.25) is 0 Å². The van der Waals surface area contributed by atoms with Crippen LogP contribution in [0.25, 0.3) is 0 Å². The van der Waals surface area contributed by atoms with Crippen LogP contribution < -0.4 is 5.32 Å². The summed E-state index contributed by atoms with van der Waals surface area (Å²) in [6.45, 7) is 6.90. The highest BCUT2D eigenvalue weighted by atomic mass is 32.1. The fourth-order valence-electron chi connectivity index (χ4n) is 2.04. The highest BCUT2D eigenvalue weighted by Crippen LogP contribution is 2.13. The van der Waals surface area contributed by atoms with E-state index in [1.807, 2.05) is 10.3 Å². The molecule has 1 atom stereocenters. The van der Waals surface area contributed by atoms with Crippen LogP contribution in [0.1, 0.15) is 26.0 Å². The maximum atomic E-state index is 12.1. The predicted octanol–water partition coefficient (Wildman–Crippen LogP) is 2.10. The summed E-state index contributed by atoms with van der Waals surface area (Å²) in [6, 6.07) is -0.0239. The lowest BCUT2D eigenvalue weighted by Gasteiger charge is -2.26. The molecule has 1 fully saturated rings. The number of aromatic nitrogens is 1. The second-order valence-electron chi connectivity index (χ2n) is 5.09. The third-order valence-corrected chi connectivity index (χ3v) is 3.87. The van der Waals surface area contributed by atoms with Gasteiger partial charge in [-0.25, -0.2) is 9.78 Å². The molecular weight excluding hydrogens is 262 g/mol. The average molecular weight is 283 g/mol. The van der Waals surface area contributed by atoms with E-state index in [1.54, 1.807) is 5.51 Å². The zero-order valence-corrected chi connectivity index (χ0v) is 12.3. The first-order valence-electron chi connectivity index (χ1n) is 6.68. The van der Waals surface area contributed by atoms with Crippen LogP contribution >= 0.6 is 11.3 Å². The largest absolute Gasteiger partial charge is 0.376 e. The number of nitrogens with zero attached hydrogens (tertiary/aromatic N) is 2. The van der Waals surface area contributed by atoms with Crippen molar-refractivity contribution < 1.29 is 9.53 Å². The lowest BCUT2D eigenvalue weighted by molar-refractivity contribution is 0.0267. The topological polar surface area (TPSA) is 54.5 Å². The molecule has 2 rings (SSSR count). The summed E-state index contributed by atoms with van der Waals surface area (Å²) in [5, 5.41) is 4.86. The molecule has 19 heavy (non-hydrogen) atoms. The Morgan fingerprint density at radius 1 is 1.68 bits per heavy atom. The second-order valence-corrected chi connectivity index (χ2v) is 5.81. The molecular formula is C13H21N3O2S. The summed E-state index contributed by atoms with van der Waals surface area (Å²) in [5.41, 5.74) is 2.68. The summed E-state index contributed by atoms with van der Waals surface area (Å²) < 4.78 is 5.76. The number of hydrogen-bond donors (Lipinski definition) is 1. The molecule has 0 saturated carbocycles. The van der Waals surface area contributed by atoms with Crippen LogP contribution in [0, 0.1) is 5.92 Å². The van der Waals surface area contributed by atoms with E-state index >= 15 is 0 Å². The molecule has 1 unspecified atom stereocenters. The molecule has 5 nitrogen and oxygen atoms in total. The monoisotopic (exact) mass is 283 g/mol. The van der Waals surface area contributed by atoms with Crippen molar-refractivity contribution in [2.75, 3.05) is 19.7 Å². The van der Waals surface area contributed by atoms with Crippen LogP contribution in [0.5, 0.6) is 0 Å². The Balaban J connectivity index is 1.86. The SMILES string of the molecule is CC(C)C1CN(C(=O)NCc2cscn2)CCCO1. The van der Waals surface area contributed by atoms with Crippen LogP contribution in [0.3, 0.4) is 0 Å². The van der Waals surface area contributed by atoms with Gasteiger partial charge in [-0.15, -0.1) is 11.3 Å². The third-order valence-electron chi connectivity index (χ3n) is 3.24. The van der Waals surface area contributed by atoms with Crippen molar-refractivity contribution in [2.24, 2.45) is 5.92 Å². The molecule has 106 valence electrons. The van der Waals surface area contributed by atoms with E-state index in [0.29, 0.717) is 19.0 Å². The Labute approximate surface area is 118 Å². The first-order valence-corrected chi connectivity index (χ1v) is 7.62. The van der Waals surface area contributed by atoms with E-state index in [1.165, 1.54) is 11.3 Å². The normalized spacial score (nSPS) is 20.4. The smallest absolute Gasteiger partial charge is 0.317 e. The number of hydrogen-bond acceptors (Lipinski definition) is 4. The first kappa shape index (κ1) is 14.3. The van der Waals surface area contributed by atoms with Gasteiger partial charge < -0.3 is 15.0 Å². The Morgan fingerprint density at radius 2 is 2.53 bits per heavy atom. The quantitative estimate of drug-likeness (QED) is 0.924. The van der Waals surface area contributed by atoms with Crippen molar-refractivity contribution in [3.63, 3.8) is 0 Å². The lowest BCUT2D eigenvalue weighted by atomic mass is 10.1. The summed E-state index contributed by atoms with van der Waals surface area (Å²) in [4.78, 5) is 18.2. The van der Waals surface area contributed by atoms with E-state index in [0.717, 1.165) is 25.3 Å². The van der Waals surface area contributed by atoms with Crippen molar-refractivity contribution in [3.05, 3.63) is 16.6 Å². The van der Waals surface area contributed by atoms with Gasteiger partial charge >= 0.3 is 6.03 Å². The molecule has 1 saturated heterocycles. The molecule has 1 N–H and O–H groups in total. The van der Waals surface area contributed by atoms with Gasteiger partial charge in [-0.3, -0.25) is 0 Å². The van der Waals surface area contributed by atoms with Gasteiger partial charge in [0.25, 0.3) is 0 Å². The third kappa shape index (κ3) is 4.18. The van der Waals surface area contributed by atoms with E-state index in [-0.39, 0.29) is 12.1 Å². The fourth-order valence-corrected chi connectivity index (χ4v) is 2.60. The van der Waals surface area contributed by atoms with Gasteiger partial charge in [0.05, 0.1) is 23.9 Å². The van der Waals surface area contributed by atoms with Gasteiger partial charge in [0.2, 0.25) is 0 Å². The molecule has 1 aromatic rings. The number of nitrogens with one attached hydrogen (secondary N) is 1. The van der Waals surface area contributed by atoms with Crippen molar-refractivity contribution in [2.45, 2.75) is 32.9 Å². The molecule has 0 radical (unpaired) electrons. The standard InChI is InChI=1S/C13H21N3O2S/c1-10(2)12-7-16(4-3-5-18-12)13(17)14-6-11-8-19-9-15-11/h8-10,12H,3-7H2,1-2H3,(H,14,17). The van der Waals surface area contributed by atoms with E-state index in [4.69, 9.17) is 4.74 Å². The lowest BCUT2D eigenvalue weighted by Crippen LogP contribution is -2.44. The van der Waals surface area contributed by atoms with Crippen LogP contribution in [0.4, 0.5) is 4.79 Å². The van der Waals surface area contributed by atoms with Crippen LogP contribution in [-0.4, -0.2) is 41.7 Å². The number of carbonyl (C=O) groups excluding carboxylic acids is 1. The van der Waals surface area contributed by atoms with Crippen molar-refractivity contribution in [1.82, 2.24) is 15.2 Å². The zero-order valence-electron chi connectivity index (χ0n) is 11.5. The first-order chi connectivity index (χ1) is 9.16. The van der Waals surface area contributed by atoms with Crippen molar-refractivity contribution in [1.29, 1.82) is 0 Å². The number of urea groups is 1. The summed E-state index contributed by atoms with van der Waals surface area (Å²) in [6.07, 6.45) is 1.03. The highest BCUT2D eigenvalue weighted by Gasteiger charge is 2.24. The number of rotatable bonds is 3. The molecule has 0 spiro atoms. The number of ether oxygens (including phenoxy) is 1. The highest BCUT2D eigenvalue weighted by molar-refractivity contribution is 7.07. The number of thiazole rings is 1. The van der Waals surface area contributed by atoms with Gasteiger partial charge in [0.15, 0.2) is 0 Å². The Hall–Kier alpha value is -1.14. The minimum atomic E-state index is -0.0239. The van der Waals surface area contributed by atoms with Gasteiger partial charge in [-0.1, -0.05) is 13.8 Å². The van der Waals surface area contributed by atoms with Crippen molar-refractivity contribution in [3.8, 4) is 0 Å². The number of carbonyl (C=O) groups is 1. The maximum absolute atomic E-state index is 12.1. The average Bonchev–Trinajstić information content (AvgIpc) is 2.77. The Kier molecular flexibility index (Phi) is 5.15. The maximum Gasteiger partial charge on any atom is 0.317 e. The molecule has 2 heterocycles. The van der Waals surface area contributed by atoms with E-state index in [2.05, 4.69) is 24.1 Å². The zero-order chi connectivity index (χ0) is 13.7. The molecule has 0 bridgehead atoms. The Bertz CT molecular complexity index is 395. The fraction of sp³-hybridized carbons (Fsp3) is 0.692. The molecule has 1 aliphatic heterocycles. The summed E-state index contributed by atoms with van der Waals surface area (Å²) >= 11 is 1.54. The molecule has 6 heteroatoms. The van der Waals surface area contributed by atoms with Crippen LogP contribution in [-0.2, 0) is 11.3 Å². The van der Waals surface area contributed by atoms with Gasteiger partial charge in [-0.05, 0) is 12.3 Å². The van der Waals surface area contributed by atoms with Crippen molar-refractivity contribution >= 4 is 17.4 Å². The molecule has 0 aromatic carbocycles. The summed E-state index contributed by atoms with van der Waals surface area (Å²) in [5.74, 6) is 0.423. The Morgan fingerprint density at radius 3 is 3.21 bits per heavy atom. The minimum absolute atomic E-state index is 0.0239. The molecule has 0 aliphatic carbocycles. The summed E-state index contributed by atoms with van der Waals surface area (Å²) in [7, 11) is 0. The predicted molar refractivity (Wildman–Crippen MR) is 75.1 cm³/mol. The minimum Gasteiger partial charge on any atom is -0.376 e. The van der Waals surface area contributed by atoms with Crippen LogP contribution in [0.15, 0.2) is 10.9 Å². The molecule has 1 aliphatic rings. The van der Waals surface area contributed by atoms with Gasteiger partial charge in [0, 0.05) is 25.1 Å². The molecule has 1 aromatic heterocycles. The van der Waals surface area contributed by atoms with Gasteiger partial charge in [0.1, 0.15) is 0 Å².